The first-order valence-corrected chi connectivity index (χ1v) is 14.6. The largest absolute Gasteiger partial charge is 0.510 e. The molecule has 1 atom stereocenters. The van der Waals surface area contributed by atoms with Crippen molar-refractivity contribution in [2.45, 2.75) is 84.2 Å². The molecule has 2 aliphatic rings. The molecule has 0 amide bonds. The zero-order valence-electron chi connectivity index (χ0n) is 24.9. The molecule has 1 fully saturated rings. The smallest absolute Gasteiger partial charge is 0.148 e. The Morgan fingerprint density at radius 2 is 1.59 bits per heavy atom. The summed E-state index contributed by atoms with van der Waals surface area (Å²) in [5.41, 5.74) is 6.42. The van der Waals surface area contributed by atoms with E-state index in [1.807, 2.05) is 18.2 Å². The van der Waals surface area contributed by atoms with Crippen LogP contribution in [0.25, 0.3) is 33.5 Å². The topological polar surface area (TPSA) is 59.6 Å². The number of imidazole rings is 1. The molecule has 1 N–H and O–H groups in total. The van der Waals surface area contributed by atoms with Crippen molar-refractivity contribution in [2.24, 2.45) is 10.9 Å². The number of rotatable bonds is 4. The van der Waals surface area contributed by atoms with Crippen LogP contribution in [-0.2, 0) is 36.8 Å². The second kappa shape index (κ2) is 11.1. The summed E-state index contributed by atoms with van der Waals surface area (Å²) in [7, 11) is 0. The number of hydrogen-bond acceptors (Lipinski definition) is 4. The predicted molar refractivity (Wildman–Crippen MR) is 163 cm³/mol. The van der Waals surface area contributed by atoms with Gasteiger partial charge in [-0.15, -0.1) is 29.3 Å². The second-order valence-electron chi connectivity index (χ2n) is 13.4. The van der Waals surface area contributed by atoms with Gasteiger partial charge in [0.1, 0.15) is 24.1 Å². The van der Waals surface area contributed by atoms with Crippen molar-refractivity contribution in [2.75, 3.05) is 6.61 Å². The van der Waals surface area contributed by atoms with Gasteiger partial charge in [-0.3, -0.25) is 4.99 Å². The van der Waals surface area contributed by atoms with E-state index in [0.717, 1.165) is 39.1 Å². The summed E-state index contributed by atoms with van der Waals surface area (Å²) in [6, 6.07) is 22.1. The molecule has 1 saturated carbocycles. The summed E-state index contributed by atoms with van der Waals surface area (Å²) >= 11 is 0. The van der Waals surface area contributed by atoms with E-state index in [1.54, 1.807) is 6.07 Å². The van der Waals surface area contributed by atoms with Crippen LogP contribution in [0.1, 0.15) is 78.4 Å². The average Bonchev–Trinajstić information content (AvgIpc) is 3.67. The van der Waals surface area contributed by atoms with Crippen LogP contribution in [0, 0.1) is 12.0 Å². The molecule has 1 aliphatic heterocycles. The SMILES string of the molecule is CC(C)(C)c1cc(C2=N[C@@H](C3CCCC3)CO2)[c-]c(-c2cccc3c2nc(-c2ccccc2O)n3C(C)(C)C)c1.[Pt]. The number of phenolic OH excluding ortho intramolecular Hbond substituents is 1. The first kappa shape index (κ1) is 29.6. The minimum atomic E-state index is -0.255. The van der Waals surface area contributed by atoms with Gasteiger partial charge >= 0.3 is 0 Å². The van der Waals surface area contributed by atoms with Gasteiger partial charge in [0.25, 0.3) is 0 Å². The van der Waals surface area contributed by atoms with Gasteiger partial charge in [-0.25, -0.2) is 4.98 Å². The van der Waals surface area contributed by atoms with Gasteiger partial charge in [-0.05, 0) is 63.1 Å². The van der Waals surface area contributed by atoms with Crippen molar-refractivity contribution in [1.29, 1.82) is 0 Å². The van der Waals surface area contributed by atoms with Crippen molar-refractivity contribution >= 4 is 16.9 Å². The van der Waals surface area contributed by atoms with Crippen molar-refractivity contribution < 1.29 is 30.9 Å². The van der Waals surface area contributed by atoms with Gasteiger partial charge in [0.2, 0.25) is 0 Å². The molecule has 0 radical (unpaired) electrons. The van der Waals surface area contributed by atoms with Gasteiger partial charge in [-0.2, -0.15) is 0 Å². The van der Waals surface area contributed by atoms with Crippen molar-refractivity contribution in [3.05, 3.63) is 71.8 Å². The molecule has 0 saturated heterocycles. The summed E-state index contributed by atoms with van der Waals surface area (Å²) < 4.78 is 8.45. The Balaban J connectivity index is 0.00000337. The minimum absolute atomic E-state index is 0. The number of fused-ring (bicyclic) bond motifs is 1. The monoisotopic (exact) mass is 729 g/mol. The number of ether oxygens (including phenoxy) is 1. The molecule has 6 heteroatoms. The normalized spacial score (nSPS) is 17.9. The van der Waals surface area contributed by atoms with Crippen LogP contribution in [-0.4, -0.2) is 33.2 Å². The fraction of sp³-hybridized carbons (Fsp3) is 0.429. The second-order valence-corrected chi connectivity index (χ2v) is 13.4. The molecule has 6 rings (SSSR count). The number of para-hydroxylation sites is 2. The molecule has 2 heterocycles. The van der Waals surface area contributed by atoms with Gasteiger partial charge in [0.05, 0.1) is 22.6 Å². The maximum absolute atomic E-state index is 10.8. The zero-order chi connectivity index (χ0) is 28.2. The van der Waals surface area contributed by atoms with Crippen LogP contribution < -0.4 is 0 Å². The first-order chi connectivity index (χ1) is 19.0. The predicted octanol–water partition coefficient (Wildman–Crippen LogP) is 8.26. The summed E-state index contributed by atoms with van der Waals surface area (Å²) in [5.74, 6) is 2.32. The minimum Gasteiger partial charge on any atom is -0.510 e. The van der Waals surface area contributed by atoms with Crippen LogP contribution in [0.2, 0.25) is 0 Å². The standard InChI is InChI=1S/C35H40N3O2.Pt/c1-34(2,3)25-19-23(18-24(20-25)33-36-28(21-40-33)22-12-7-8-13-22)26-15-11-16-29-31(26)37-32(38(29)35(4,5)6)27-14-9-10-17-30(27)39;/h9-11,14-17,19-20,22,28,39H,7-8,12-13,21H2,1-6H3;/q-1;/t28-;/m1./s1. The Labute approximate surface area is 258 Å². The Morgan fingerprint density at radius 3 is 2.27 bits per heavy atom. The zero-order valence-corrected chi connectivity index (χ0v) is 27.2. The van der Waals surface area contributed by atoms with E-state index in [4.69, 9.17) is 14.7 Å². The summed E-state index contributed by atoms with van der Waals surface area (Å²) in [6.45, 7) is 13.9. The third-order valence-electron chi connectivity index (χ3n) is 8.37. The molecule has 41 heavy (non-hydrogen) atoms. The Morgan fingerprint density at radius 1 is 0.902 bits per heavy atom. The third-order valence-corrected chi connectivity index (χ3v) is 8.37. The Bertz CT molecular complexity index is 1600. The van der Waals surface area contributed by atoms with Gasteiger partial charge in [0, 0.05) is 26.6 Å². The number of phenols is 1. The van der Waals surface area contributed by atoms with E-state index in [1.165, 1.54) is 31.2 Å². The van der Waals surface area contributed by atoms with Gasteiger partial charge < -0.3 is 14.4 Å². The van der Waals surface area contributed by atoms with E-state index in [9.17, 15) is 5.11 Å². The third kappa shape index (κ3) is 5.63. The Kier molecular flexibility index (Phi) is 7.98. The molecule has 5 nitrogen and oxygen atoms in total. The number of aromatic hydroxyl groups is 1. The van der Waals surface area contributed by atoms with Gasteiger partial charge in [-0.1, -0.05) is 69.0 Å². The molecule has 4 aromatic rings. The molecular weight excluding hydrogens is 689 g/mol. The van der Waals surface area contributed by atoms with Crippen LogP contribution in [0.4, 0.5) is 0 Å². The molecule has 0 unspecified atom stereocenters. The quantitative estimate of drug-likeness (QED) is 0.215. The van der Waals surface area contributed by atoms with Crippen molar-refractivity contribution in [3.63, 3.8) is 0 Å². The number of benzene rings is 3. The molecule has 0 bridgehead atoms. The molecular formula is C35H40N3O2Pt-. The van der Waals surface area contributed by atoms with Crippen LogP contribution in [0.15, 0.2) is 59.6 Å². The molecule has 1 aliphatic carbocycles. The fourth-order valence-corrected chi connectivity index (χ4v) is 6.22. The van der Waals surface area contributed by atoms with Crippen molar-refractivity contribution in [3.8, 4) is 28.3 Å². The van der Waals surface area contributed by atoms with E-state index >= 15 is 0 Å². The number of hydrogen-bond donors (Lipinski definition) is 1. The molecule has 218 valence electrons. The summed E-state index contributed by atoms with van der Waals surface area (Å²) in [4.78, 5) is 10.3. The number of aliphatic imine (C=N–C) groups is 1. The van der Waals surface area contributed by atoms with E-state index < -0.39 is 0 Å². The average molecular weight is 730 g/mol. The Hall–Kier alpha value is -2.91. The summed E-state index contributed by atoms with van der Waals surface area (Å²) in [6.07, 6.45) is 5.10. The van der Waals surface area contributed by atoms with Crippen molar-refractivity contribution in [1.82, 2.24) is 9.55 Å². The van der Waals surface area contributed by atoms with E-state index in [-0.39, 0.29) is 43.8 Å². The maximum Gasteiger partial charge on any atom is 0.148 e. The molecule has 0 spiro atoms. The maximum atomic E-state index is 10.8. The van der Waals surface area contributed by atoms with Crippen LogP contribution in [0.3, 0.4) is 0 Å². The summed E-state index contributed by atoms with van der Waals surface area (Å²) in [5, 5.41) is 10.8. The van der Waals surface area contributed by atoms with Gasteiger partial charge in [0.15, 0.2) is 0 Å². The van der Waals surface area contributed by atoms with Crippen LogP contribution in [0.5, 0.6) is 5.75 Å². The first-order valence-electron chi connectivity index (χ1n) is 14.6. The molecule has 1 aromatic heterocycles. The van der Waals surface area contributed by atoms with Crippen LogP contribution >= 0.6 is 0 Å². The number of aromatic nitrogens is 2. The van der Waals surface area contributed by atoms with E-state index in [0.29, 0.717) is 18.4 Å². The molecule has 3 aromatic carbocycles. The van der Waals surface area contributed by atoms with E-state index in [2.05, 4.69) is 82.5 Å². The fourth-order valence-electron chi connectivity index (χ4n) is 6.22. The number of nitrogens with zero attached hydrogens (tertiary/aromatic N) is 3.